The van der Waals surface area contributed by atoms with Crippen LogP contribution in [0.5, 0.6) is 0 Å². The molecule has 1 aromatic carbocycles. The number of hydrogen-bond donors (Lipinski definition) is 1. The van der Waals surface area contributed by atoms with E-state index in [9.17, 15) is 13.2 Å². The summed E-state index contributed by atoms with van der Waals surface area (Å²) in [6.07, 6.45) is -0.670. The lowest BCUT2D eigenvalue weighted by Gasteiger charge is -2.26. The lowest BCUT2D eigenvalue weighted by molar-refractivity contribution is -0.137. The molecular weight excluding hydrogens is 265 g/mol. The molecule has 1 aliphatic heterocycles. The molecule has 0 spiro atoms. The maximum atomic E-state index is 12.6. The number of nitrogens with zero attached hydrogens (tertiary/aromatic N) is 1. The van der Waals surface area contributed by atoms with Crippen molar-refractivity contribution in [3.63, 3.8) is 0 Å². The van der Waals surface area contributed by atoms with Crippen molar-refractivity contribution in [3.8, 4) is 0 Å². The minimum absolute atomic E-state index is 0.486. The van der Waals surface area contributed by atoms with Crippen molar-refractivity contribution >= 4 is 5.69 Å². The maximum Gasteiger partial charge on any atom is 0.416 e. The van der Waals surface area contributed by atoms with Gasteiger partial charge in [0.25, 0.3) is 0 Å². The van der Waals surface area contributed by atoms with Crippen LogP contribution in [0.25, 0.3) is 0 Å². The van der Waals surface area contributed by atoms with Crippen LogP contribution >= 0.6 is 0 Å². The zero-order chi connectivity index (χ0) is 14.2. The topological polar surface area (TPSA) is 15.3 Å². The number of nitrogens with one attached hydrogen (secondary N) is 1. The first-order valence-electron chi connectivity index (χ1n) is 7.19. The molecule has 1 unspecified atom stereocenters. The van der Waals surface area contributed by atoms with Gasteiger partial charge in [-0.1, -0.05) is 0 Å². The molecule has 1 atom stereocenters. The van der Waals surface area contributed by atoms with Gasteiger partial charge >= 0.3 is 6.18 Å². The first kappa shape index (κ1) is 13.7. The van der Waals surface area contributed by atoms with Crippen LogP contribution in [-0.2, 0) is 6.18 Å². The van der Waals surface area contributed by atoms with E-state index >= 15 is 0 Å². The number of alkyl halides is 3. The third-order valence-electron chi connectivity index (χ3n) is 4.18. The Bertz CT molecular complexity index is 451. The minimum Gasteiger partial charge on any atom is -0.370 e. The zero-order valence-corrected chi connectivity index (χ0v) is 11.3. The average Bonchev–Trinajstić information content (AvgIpc) is 3.24. The summed E-state index contributed by atoms with van der Waals surface area (Å²) in [6, 6.07) is 6.04. The van der Waals surface area contributed by atoms with Crippen molar-refractivity contribution < 1.29 is 13.2 Å². The Kier molecular flexibility index (Phi) is 3.63. The van der Waals surface area contributed by atoms with E-state index in [2.05, 4.69) is 10.2 Å². The highest BCUT2D eigenvalue weighted by molar-refractivity contribution is 5.48. The van der Waals surface area contributed by atoms with Crippen LogP contribution in [0.1, 0.15) is 24.8 Å². The summed E-state index contributed by atoms with van der Waals surface area (Å²) in [5.74, 6) is 0.755. The quantitative estimate of drug-likeness (QED) is 0.896. The Labute approximate surface area is 117 Å². The highest BCUT2D eigenvalue weighted by atomic mass is 19.4. The predicted molar refractivity (Wildman–Crippen MR) is 72.8 cm³/mol. The molecule has 1 saturated carbocycles. The van der Waals surface area contributed by atoms with Crippen molar-refractivity contribution in [2.24, 2.45) is 5.92 Å². The fourth-order valence-electron chi connectivity index (χ4n) is 2.86. The van der Waals surface area contributed by atoms with E-state index in [0.717, 1.165) is 37.7 Å². The molecule has 0 aromatic heterocycles. The Balaban J connectivity index is 1.73. The molecular formula is C15H19F3N2. The van der Waals surface area contributed by atoms with Crippen LogP contribution in [0.3, 0.4) is 0 Å². The predicted octanol–water partition coefficient (Wildman–Crippen LogP) is 3.28. The summed E-state index contributed by atoms with van der Waals surface area (Å²) in [5.41, 5.74) is 0.320. The molecule has 110 valence electrons. The van der Waals surface area contributed by atoms with Gasteiger partial charge in [0, 0.05) is 24.8 Å². The second kappa shape index (κ2) is 5.28. The first-order valence-corrected chi connectivity index (χ1v) is 7.19. The van der Waals surface area contributed by atoms with E-state index in [-0.39, 0.29) is 0 Å². The van der Waals surface area contributed by atoms with Crippen LogP contribution in [0.2, 0.25) is 0 Å². The summed E-state index contributed by atoms with van der Waals surface area (Å²) in [6.45, 7) is 2.80. The van der Waals surface area contributed by atoms with Crippen LogP contribution < -0.4 is 10.2 Å². The van der Waals surface area contributed by atoms with Crippen LogP contribution in [-0.4, -0.2) is 25.7 Å². The van der Waals surface area contributed by atoms with Crippen molar-refractivity contribution in [3.05, 3.63) is 29.8 Å². The SMILES string of the molecule is FC(F)(F)c1ccc(N2CCCNC(C3CC3)C2)cc1. The minimum atomic E-state index is -4.25. The van der Waals surface area contributed by atoms with Crippen LogP contribution in [0.4, 0.5) is 18.9 Å². The van der Waals surface area contributed by atoms with Gasteiger partial charge in [-0.3, -0.25) is 0 Å². The smallest absolute Gasteiger partial charge is 0.370 e. The molecule has 1 N–H and O–H groups in total. The van der Waals surface area contributed by atoms with Crippen LogP contribution in [0, 0.1) is 5.92 Å². The van der Waals surface area contributed by atoms with Crippen molar-refractivity contribution in [2.45, 2.75) is 31.5 Å². The number of rotatable bonds is 2. The lowest BCUT2D eigenvalue weighted by atomic mass is 10.1. The van der Waals surface area contributed by atoms with Gasteiger partial charge < -0.3 is 10.2 Å². The second-order valence-corrected chi connectivity index (χ2v) is 5.74. The number of benzene rings is 1. The molecule has 0 radical (unpaired) electrons. The molecule has 2 fully saturated rings. The highest BCUT2D eigenvalue weighted by Gasteiger charge is 2.33. The molecule has 0 amide bonds. The second-order valence-electron chi connectivity index (χ2n) is 5.74. The third kappa shape index (κ3) is 3.08. The fraction of sp³-hybridized carbons (Fsp3) is 0.600. The summed E-state index contributed by atoms with van der Waals surface area (Å²) in [7, 11) is 0. The monoisotopic (exact) mass is 284 g/mol. The van der Waals surface area contributed by atoms with E-state index in [1.807, 2.05) is 0 Å². The molecule has 1 aliphatic carbocycles. The number of anilines is 1. The Morgan fingerprint density at radius 1 is 1.10 bits per heavy atom. The van der Waals surface area contributed by atoms with E-state index in [1.165, 1.54) is 25.0 Å². The zero-order valence-electron chi connectivity index (χ0n) is 11.3. The third-order valence-corrected chi connectivity index (χ3v) is 4.18. The first-order chi connectivity index (χ1) is 9.54. The van der Waals surface area contributed by atoms with Crippen LogP contribution in [0.15, 0.2) is 24.3 Å². The van der Waals surface area contributed by atoms with Gasteiger partial charge in [-0.2, -0.15) is 13.2 Å². The van der Waals surface area contributed by atoms with Gasteiger partial charge in [-0.15, -0.1) is 0 Å². The van der Waals surface area contributed by atoms with Gasteiger partial charge in [0.1, 0.15) is 0 Å². The number of halogens is 3. The van der Waals surface area contributed by atoms with Crippen molar-refractivity contribution in [2.75, 3.05) is 24.5 Å². The van der Waals surface area contributed by atoms with Gasteiger partial charge in [-0.25, -0.2) is 0 Å². The van der Waals surface area contributed by atoms with Gasteiger partial charge in [-0.05, 0) is 56.0 Å². The summed E-state index contributed by atoms with van der Waals surface area (Å²) < 4.78 is 37.7. The van der Waals surface area contributed by atoms with E-state index in [0.29, 0.717) is 6.04 Å². The summed E-state index contributed by atoms with van der Waals surface area (Å²) >= 11 is 0. The lowest BCUT2D eigenvalue weighted by Crippen LogP contribution is -2.39. The van der Waals surface area contributed by atoms with Crippen molar-refractivity contribution in [1.29, 1.82) is 0 Å². The fourth-order valence-corrected chi connectivity index (χ4v) is 2.86. The Morgan fingerprint density at radius 2 is 1.80 bits per heavy atom. The molecule has 5 heteroatoms. The Morgan fingerprint density at radius 3 is 2.40 bits per heavy atom. The molecule has 1 aromatic rings. The highest BCUT2D eigenvalue weighted by Crippen LogP contribution is 2.35. The van der Waals surface area contributed by atoms with Gasteiger partial charge in [0.15, 0.2) is 0 Å². The number of hydrogen-bond acceptors (Lipinski definition) is 2. The van der Waals surface area contributed by atoms with Gasteiger partial charge in [0.2, 0.25) is 0 Å². The normalized spacial score (nSPS) is 24.6. The van der Waals surface area contributed by atoms with Crippen molar-refractivity contribution in [1.82, 2.24) is 5.32 Å². The molecule has 2 aliphatic rings. The maximum absolute atomic E-state index is 12.6. The Hall–Kier alpha value is -1.23. The molecule has 3 rings (SSSR count). The average molecular weight is 284 g/mol. The molecule has 1 saturated heterocycles. The standard InChI is InChI=1S/C15H19F3N2/c16-15(17,18)12-4-6-13(7-5-12)20-9-1-8-19-14(10-20)11-2-3-11/h4-7,11,14,19H,1-3,8-10H2. The molecule has 0 bridgehead atoms. The molecule has 2 nitrogen and oxygen atoms in total. The summed E-state index contributed by atoms with van der Waals surface area (Å²) in [4.78, 5) is 2.21. The molecule has 20 heavy (non-hydrogen) atoms. The van der Waals surface area contributed by atoms with E-state index in [4.69, 9.17) is 0 Å². The summed E-state index contributed by atoms with van der Waals surface area (Å²) in [5, 5.41) is 3.56. The van der Waals surface area contributed by atoms with Gasteiger partial charge in [0.05, 0.1) is 5.56 Å². The molecule has 1 heterocycles. The largest absolute Gasteiger partial charge is 0.416 e. The van der Waals surface area contributed by atoms with E-state index in [1.54, 1.807) is 12.1 Å². The van der Waals surface area contributed by atoms with E-state index < -0.39 is 11.7 Å².